The Hall–Kier alpha value is -1.74. The van der Waals surface area contributed by atoms with Crippen LogP contribution in [0.3, 0.4) is 0 Å². The highest BCUT2D eigenvalue weighted by Crippen LogP contribution is 2.26. The summed E-state index contributed by atoms with van der Waals surface area (Å²) in [5.41, 5.74) is 3.78. The Morgan fingerprint density at radius 1 is 1.11 bits per heavy atom. The summed E-state index contributed by atoms with van der Waals surface area (Å²) >= 11 is 1.66. The Morgan fingerprint density at radius 3 is 2.53 bits per heavy atom. The average Bonchev–Trinajstić information content (AvgIpc) is 2.40. The number of rotatable bonds is 4. The number of aryl methyl sites for hydroxylation is 2. The van der Waals surface area contributed by atoms with E-state index in [2.05, 4.69) is 32.0 Å². The first-order valence-electron chi connectivity index (χ1n) is 6.09. The topological polar surface area (TPSA) is 37.3 Å². The second kappa shape index (κ2) is 5.93. The van der Waals surface area contributed by atoms with Crippen molar-refractivity contribution in [3.05, 3.63) is 64.7 Å². The molecule has 0 atom stereocenters. The van der Waals surface area contributed by atoms with Crippen LogP contribution >= 0.6 is 11.8 Å². The highest BCUT2D eigenvalue weighted by atomic mass is 32.2. The molecule has 0 unspecified atom stereocenters. The van der Waals surface area contributed by atoms with Crippen LogP contribution in [-0.2, 0) is 5.75 Å². The van der Waals surface area contributed by atoms with Gasteiger partial charge in [-0.15, -0.1) is 11.8 Å². The van der Waals surface area contributed by atoms with Crippen molar-refractivity contribution in [3.63, 3.8) is 0 Å². The van der Waals surface area contributed by atoms with Gasteiger partial charge in [0.25, 0.3) is 0 Å². The molecule has 0 radical (unpaired) electrons. The van der Waals surface area contributed by atoms with Crippen molar-refractivity contribution in [1.82, 2.24) is 0 Å². The molecular formula is C16H16O2S. The minimum absolute atomic E-state index is 0.388. The van der Waals surface area contributed by atoms with Gasteiger partial charge >= 0.3 is 5.97 Å². The summed E-state index contributed by atoms with van der Waals surface area (Å²) in [6.07, 6.45) is 0. The van der Waals surface area contributed by atoms with Crippen LogP contribution in [0.1, 0.15) is 27.0 Å². The molecule has 2 aromatic carbocycles. The maximum atomic E-state index is 11.1. The van der Waals surface area contributed by atoms with Gasteiger partial charge in [0.2, 0.25) is 0 Å². The van der Waals surface area contributed by atoms with Crippen molar-refractivity contribution in [2.75, 3.05) is 0 Å². The first-order valence-corrected chi connectivity index (χ1v) is 7.08. The van der Waals surface area contributed by atoms with Gasteiger partial charge in [-0.05, 0) is 48.7 Å². The number of hydrogen-bond donors (Lipinski definition) is 1. The Bertz CT molecular complexity index is 605. The van der Waals surface area contributed by atoms with Gasteiger partial charge in [0.05, 0.1) is 5.56 Å². The molecule has 2 nitrogen and oxygen atoms in total. The lowest BCUT2D eigenvalue weighted by Gasteiger charge is -2.07. The monoisotopic (exact) mass is 272 g/mol. The van der Waals surface area contributed by atoms with Crippen LogP contribution in [-0.4, -0.2) is 11.1 Å². The molecule has 0 amide bonds. The van der Waals surface area contributed by atoms with Crippen molar-refractivity contribution < 1.29 is 9.90 Å². The third-order valence-corrected chi connectivity index (χ3v) is 4.16. The molecule has 98 valence electrons. The van der Waals surface area contributed by atoms with E-state index in [1.54, 1.807) is 23.9 Å². The minimum Gasteiger partial charge on any atom is -0.478 e. The Kier molecular flexibility index (Phi) is 4.27. The lowest BCUT2D eigenvalue weighted by atomic mass is 10.1. The standard InChI is InChI=1S/C16H16O2S/c1-11-7-8-14(9-12(11)2)19-10-13-5-3-4-6-15(13)16(17)18/h3-9H,10H2,1-2H3,(H,17,18). The van der Waals surface area contributed by atoms with Crippen LogP contribution in [0.2, 0.25) is 0 Å². The largest absolute Gasteiger partial charge is 0.478 e. The number of aromatic carboxylic acids is 1. The van der Waals surface area contributed by atoms with E-state index in [0.29, 0.717) is 11.3 Å². The van der Waals surface area contributed by atoms with Gasteiger partial charge in [0.15, 0.2) is 0 Å². The van der Waals surface area contributed by atoms with Crippen LogP contribution in [0.15, 0.2) is 47.4 Å². The summed E-state index contributed by atoms with van der Waals surface area (Å²) < 4.78 is 0. The second-order valence-corrected chi connectivity index (χ2v) is 5.55. The molecule has 0 bridgehead atoms. The van der Waals surface area contributed by atoms with Crippen molar-refractivity contribution in [3.8, 4) is 0 Å². The van der Waals surface area contributed by atoms with Gasteiger partial charge in [-0.25, -0.2) is 4.79 Å². The number of carboxylic acid groups (broad SMARTS) is 1. The van der Waals surface area contributed by atoms with E-state index in [1.165, 1.54) is 16.0 Å². The van der Waals surface area contributed by atoms with Gasteiger partial charge in [0.1, 0.15) is 0 Å². The molecule has 0 aromatic heterocycles. The van der Waals surface area contributed by atoms with E-state index in [4.69, 9.17) is 5.11 Å². The molecule has 2 aromatic rings. The fourth-order valence-corrected chi connectivity index (χ4v) is 2.82. The van der Waals surface area contributed by atoms with Gasteiger partial charge in [-0.1, -0.05) is 24.3 Å². The molecular weight excluding hydrogens is 256 g/mol. The summed E-state index contributed by atoms with van der Waals surface area (Å²) in [6.45, 7) is 4.17. The highest BCUT2D eigenvalue weighted by molar-refractivity contribution is 7.98. The molecule has 0 aliphatic heterocycles. The molecule has 0 aliphatic carbocycles. The fraction of sp³-hybridized carbons (Fsp3) is 0.188. The van der Waals surface area contributed by atoms with Crippen LogP contribution < -0.4 is 0 Å². The van der Waals surface area contributed by atoms with E-state index in [1.807, 2.05) is 12.1 Å². The summed E-state index contributed by atoms with van der Waals surface area (Å²) in [6, 6.07) is 13.5. The maximum Gasteiger partial charge on any atom is 0.335 e. The van der Waals surface area contributed by atoms with Crippen molar-refractivity contribution >= 4 is 17.7 Å². The van der Waals surface area contributed by atoms with Gasteiger partial charge in [-0.2, -0.15) is 0 Å². The van der Waals surface area contributed by atoms with Crippen LogP contribution in [0, 0.1) is 13.8 Å². The quantitative estimate of drug-likeness (QED) is 0.843. The number of hydrogen-bond acceptors (Lipinski definition) is 2. The maximum absolute atomic E-state index is 11.1. The molecule has 0 saturated carbocycles. The predicted octanol–water partition coefficient (Wildman–Crippen LogP) is 4.29. The first-order chi connectivity index (χ1) is 9.08. The Balaban J connectivity index is 2.14. The lowest BCUT2D eigenvalue weighted by Crippen LogP contribution is -2.00. The summed E-state index contributed by atoms with van der Waals surface area (Å²) in [7, 11) is 0. The van der Waals surface area contributed by atoms with Crippen molar-refractivity contribution in [1.29, 1.82) is 0 Å². The molecule has 0 heterocycles. The third-order valence-electron chi connectivity index (χ3n) is 3.12. The minimum atomic E-state index is -0.865. The molecule has 1 N–H and O–H groups in total. The van der Waals surface area contributed by atoms with E-state index in [9.17, 15) is 4.79 Å². The first kappa shape index (κ1) is 13.7. The molecule has 2 rings (SSSR count). The zero-order valence-electron chi connectivity index (χ0n) is 11.0. The summed E-state index contributed by atoms with van der Waals surface area (Å²) in [5.74, 6) is -0.193. The van der Waals surface area contributed by atoms with E-state index in [0.717, 1.165) is 5.56 Å². The molecule has 0 fully saturated rings. The van der Waals surface area contributed by atoms with E-state index in [-0.39, 0.29) is 0 Å². The number of carboxylic acids is 1. The van der Waals surface area contributed by atoms with Crippen molar-refractivity contribution in [2.45, 2.75) is 24.5 Å². The van der Waals surface area contributed by atoms with Crippen LogP contribution in [0.25, 0.3) is 0 Å². The summed E-state index contributed by atoms with van der Waals surface area (Å²) in [5, 5.41) is 9.13. The average molecular weight is 272 g/mol. The number of carbonyl (C=O) groups is 1. The summed E-state index contributed by atoms with van der Waals surface area (Å²) in [4.78, 5) is 12.3. The van der Waals surface area contributed by atoms with Crippen LogP contribution in [0.5, 0.6) is 0 Å². The zero-order valence-corrected chi connectivity index (χ0v) is 11.8. The normalized spacial score (nSPS) is 10.4. The van der Waals surface area contributed by atoms with E-state index >= 15 is 0 Å². The third kappa shape index (κ3) is 3.38. The SMILES string of the molecule is Cc1ccc(SCc2ccccc2C(=O)O)cc1C. The Morgan fingerprint density at radius 2 is 1.84 bits per heavy atom. The second-order valence-electron chi connectivity index (χ2n) is 4.50. The van der Waals surface area contributed by atoms with Gasteiger partial charge < -0.3 is 5.11 Å². The number of thioether (sulfide) groups is 1. The molecule has 0 spiro atoms. The molecule has 19 heavy (non-hydrogen) atoms. The molecule has 0 saturated heterocycles. The van der Waals surface area contributed by atoms with Crippen molar-refractivity contribution in [2.24, 2.45) is 0 Å². The van der Waals surface area contributed by atoms with Crippen LogP contribution in [0.4, 0.5) is 0 Å². The molecule has 0 aliphatic rings. The lowest BCUT2D eigenvalue weighted by molar-refractivity contribution is 0.0696. The zero-order chi connectivity index (χ0) is 13.8. The Labute approximate surface area is 117 Å². The predicted molar refractivity (Wildman–Crippen MR) is 78.9 cm³/mol. The number of benzene rings is 2. The fourth-order valence-electron chi connectivity index (χ4n) is 1.82. The van der Waals surface area contributed by atoms with Gasteiger partial charge in [-0.3, -0.25) is 0 Å². The van der Waals surface area contributed by atoms with E-state index < -0.39 is 5.97 Å². The van der Waals surface area contributed by atoms with Gasteiger partial charge in [0, 0.05) is 10.6 Å². The highest BCUT2D eigenvalue weighted by Gasteiger charge is 2.09. The smallest absolute Gasteiger partial charge is 0.335 e. The molecule has 3 heteroatoms.